The highest BCUT2D eigenvalue weighted by molar-refractivity contribution is 7.86. The molecule has 0 spiro atoms. The van der Waals surface area contributed by atoms with E-state index in [9.17, 15) is 12.8 Å². The van der Waals surface area contributed by atoms with Crippen molar-refractivity contribution in [3.05, 3.63) is 0 Å². The minimum Gasteiger partial charge on any atom is -0.344 e. The van der Waals surface area contributed by atoms with Gasteiger partial charge in [0.2, 0.25) is 0 Å². The van der Waals surface area contributed by atoms with Crippen molar-refractivity contribution in [2.45, 2.75) is 116 Å². The maximum atomic E-state index is 11.9. The molecule has 0 aliphatic rings. The van der Waals surface area contributed by atoms with Gasteiger partial charge in [-0.05, 0) is 19.3 Å². The zero-order valence-corrected chi connectivity index (χ0v) is 18.7. The summed E-state index contributed by atoms with van der Waals surface area (Å²) in [5.41, 5.74) is 0. The number of halogens is 1. The minimum absolute atomic E-state index is 0. The smallest absolute Gasteiger partial charge is 0.267 e. The van der Waals surface area contributed by atoms with E-state index in [4.69, 9.17) is 4.18 Å². The molecule has 0 aromatic carbocycles. The van der Waals surface area contributed by atoms with Gasteiger partial charge in [-0.15, -0.1) is 0 Å². The van der Waals surface area contributed by atoms with E-state index >= 15 is 0 Å². The largest absolute Gasteiger partial charge is 0.344 e. The fourth-order valence-corrected chi connectivity index (χ4v) is 4.14. The lowest BCUT2D eigenvalue weighted by atomic mass is 10.1. The van der Waals surface area contributed by atoms with Crippen molar-refractivity contribution < 1.29 is 17.0 Å². The second-order valence-corrected chi connectivity index (χ2v) is 9.19. The van der Waals surface area contributed by atoms with Gasteiger partial charge in [-0.1, -0.05) is 96.8 Å². The highest BCUT2D eigenvalue weighted by atomic mass is 32.2. The molecule has 0 fully saturated rings. The molecular formula is C21H46FNO3S. The van der Waals surface area contributed by atoms with Gasteiger partial charge in [-0.2, -0.15) is 8.42 Å². The van der Waals surface area contributed by atoms with Crippen LogP contribution >= 0.6 is 0 Å². The first-order valence-electron chi connectivity index (χ1n) is 11.1. The third kappa shape index (κ3) is 23.8. The molecule has 0 aliphatic heterocycles. The Bertz CT molecular complexity index is 378. The van der Waals surface area contributed by atoms with Crippen molar-refractivity contribution in [1.82, 2.24) is 6.15 Å². The molecule has 0 aromatic heterocycles. The first kappa shape index (κ1) is 29.0. The predicted molar refractivity (Wildman–Crippen MR) is 115 cm³/mol. The van der Waals surface area contributed by atoms with Gasteiger partial charge in [0, 0.05) is 0 Å². The number of hydrogen-bond donors (Lipinski definition) is 1. The molecule has 27 heavy (non-hydrogen) atoms. The lowest BCUT2D eigenvalue weighted by molar-refractivity contribution is 0.305. The van der Waals surface area contributed by atoms with Crippen LogP contribution in [0.3, 0.4) is 0 Å². The fourth-order valence-electron chi connectivity index (χ4n) is 3.09. The average Bonchev–Trinajstić information content (AvgIpc) is 2.62. The average molecular weight is 412 g/mol. The van der Waals surface area contributed by atoms with Gasteiger partial charge in [0.15, 0.2) is 0 Å². The van der Waals surface area contributed by atoms with Gasteiger partial charge < -0.3 is 6.15 Å². The van der Waals surface area contributed by atoms with E-state index in [1.54, 1.807) is 0 Å². The monoisotopic (exact) mass is 411 g/mol. The summed E-state index contributed by atoms with van der Waals surface area (Å²) in [6.45, 7) is 2.36. The highest BCUT2D eigenvalue weighted by Crippen LogP contribution is 2.12. The number of alkyl halides is 1. The molecule has 0 amide bonds. The van der Waals surface area contributed by atoms with Gasteiger partial charge in [-0.25, -0.2) is 0 Å². The van der Waals surface area contributed by atoms with E-state index in [1.165, 1.54) is 44.9 Å². The maximum Gasteiger partial charge on any atom is 0.267 e. The molecule has 0 saturated heterocycles. The standard InChI is InChI=1S/C21H43FO3S.H3N/c1-2-3-4-5-6-8-11-14-17-20-25-26(23,24)21-18-15-12-9-7-10-13-16-19-22;/h2-21H2,1H3;1H3. The quantitative estimate of drug-likeness (QED) is 0.161. The van der Waals surface area contributed by atoms with Gasteiger partial charge in [0.25, 0.3) is 10.1 Å². The summed E-state index contributed by atoms with van der Waals surface area (Å²) in [6.07, 6.45) is 18.6. The molecule has 3 N–H and O–H groups in total. The van der Waals surface area contributed by atoms with E-state index in [0.29, 0.717) is 19.4 Å². The number of unbranched alkanes of at least 4 members (excludes halogenated alkanes) is 15. The Kier molecular flexibility index (Phi) is 23.7. The normalized spacial score (nSPS) is 11.5. The van der Waals surface area contributed by atoms with Crippen molar-refractivity contribution in [3.63, 3.8) is 0 Å². The Morgan fingerprint density at radius 2 is 1.04 bits per heavy atom. The molecule has 4 nitrogen and oxygen atoms in total. The molecule has 6 heteroatoms. The lowest BCUT2D eigenvalue weighted by Crippen LogP contribution is -2.11. The molecule has 0 saturated carbocycles. The summed E-state index contributed by atoms with van der Waals surface area (Å²) < 4.78 is 40.7. The van der Waals surface area contributed by atoms with Crippen molar-refractivity contribution >= 4 is 10.1 Å². The van der Waals surface area contributed by atoms with Gasteiger partial charge in [0.05, 0.1) is 19.0 Å². The molecule has 0 unspecified atom stereocenters. The molecule has 0 bridgehead atoms. The van der Waals surface area contributed by atoms with E-state index in [0.717, 1.165) is 51.4 Å². The van der Waals surface area contributed by atoms with Gasteiger partial charge >= 0.3 is 0 Å². The van der Waals surface area contributed by atoms with Crippen LogP contribution in [-0.2, 0) is 14.3 Å². The summed E-state index contributed by atoms with van der Waals surface area (Å²) in [6, 6.07) is 0. The van der Waals surface area contributed by atoms with Crippen molar-refractivity contribution in [3.8, 4) is 0 Å². The zero-order valence-electron chi connectivity index (χ0n) is 17.9. The Labute approximate surface area is 168 Å². The van der Waals surface area contributed by atoms with Crippen molar-refractivity contribution in [2.75, 3.05) is 19.0 Å². The molecule has 0 aliphatic carbocycles. The van der Waals surface area contributed by atoms with E-state index < -0.39 is 10.1 Å². The van der Waals surface area contributed by atoms with E-state index in [2.05, 4.69) is 6.92 Å². The van der Waals surface area contributed by atoms with Gasteiger partial charge in [0.1, 0.15) is 0 Å². The van der Waals surface area contributed by atoms with Crippen LogP contribution in [0.25, 0.3) is 0 Å². The summed E-state index contributed by atoms with van der Waals surface area (Å²) in [7, 11) is -3.34. The van der Waals surface area contributed by atoms with Crippen LogP contribution in [0.2, 0.25) is 0 Å². The molecule has 166 valence electrons. The summed E-state index contributed by atoms with van der Waals surface area (Å²) in [4.78, 5) is 0. The predicted octanol–water partition coefficient (Wildman–Crippen LogP) is 7.12. The van der Waals surface area contributed by atoms with Crippen LogP contribution in [0.4, 0.5) is 4.39 Å². The van der Waals surface area contributed by atoms with E-state index in [-0.39, 0.29) is 18.6 Å². The lowest BCUT2D eigenvalue weighted by Gasteiger charge is -2.06. The Morgan fingerprint density at radius 3 is 1.52 bits per heavy atom. The van der Waals surface area contributed by atoms with Crippen LogP contribution in [0.15, 0.2) is 0 Å². The van der Waals surface area contributed by atoms with Crippen LogP contribution in [-0.4, -0.2) is 27.5 Å². The summed E-state index contributed by atoms with van der Waals surface area (Å²) in [5.74, 6) is 0.145. The SMILES string of the molecule is CCCCCCCCCCCOS(=O)(=O)CCCCCCCCCCF.N. The Hall–Kier alpha value is -0.200. The Balaban J connectivity index is 0. The molecule has 0 aromatic rings. The van der Waals surface area contributed by atoms with Crippen LogP contribution < -0.4 is 6.15 Å². The Morgan fingerprint density at radius 1 is 0.630 bits per heavy atom. The van der Waals surface area contributed by atoms with Crippen LogP contribution in [0.5, 0.6) is 0 Å². The summed E-state index contributed by atoms with van der Waals surface area (Å²) >= 11 is 0. The fraction of sp³-hybridized carbons (Fsp3) is 1.00. The first-order chi connectivity index (χ1) is 12.6. The minimum atomic E-state index is -3.34. The maximum absolute atomic E-state index is 11.9. The third-order valence-corrected chi connectivity index (χ3v) is 6.10. The number of rotatable bonds is 21. The molecule has 0 rings (SSSR count). The second-order valence-electron chi connectivity index (χ2n) is 7.43. The third-order valence-electron chi connectivity index (χ3n) is 4.79. The topological polar surface area (TPSA) is 78.4 Å². The zero-order chi connectivity index (χ0) is 19.3. The van der Waals surface area contributed by atoms with E-state index in [1.807, 2.05) is 0 Å². The van der Waals surface area contributed by atoms with Crippen LogP contribution in [0, 0.1) is 0 Å². The second kappa shape index (κ2) is 22.1. The first-order valence-corrected chi connectivity index (χ1v) is 12.6. The summed E-state index contributed by atoms with van der Waals surface area (Å²) in [5, 5.41) is 0. The molecular weight excluding hydrogens is 365 g/mol. The molecule has 0 heterocycles. The number of hydrogen-bond acceptors (Lipinski definition) is 4. The van der Waals surface area contributed by atoms with Crippen molar-refractivity contribution in [1.29, 1.82) is 0 Å². The van der Waals surface area contributed by atoms with Gasteiger partial charge in [-0.3, -0.25) is 8.57 Å². The van der Waals surface area contributed by atoms with Crippen LogP contribution in [0.1, 0.15) is 116 Å². The van der Waals surface area contributed by atoms with Crippen molar-refractivity contribution in [2.24, 2.45) is 0 Å². The molecule has 0 atom stereocenters. The molecule has 0 radical (unpaired) electrons. The highest BCUT2D eigenvalue weighted by Gasteiger charge is 2.10.